The summed E-state index contributed by atoms with van der Waals surface area (Å²) < 4.78 is 5.34. The quantitative estimate of drug-likeness (QED) is 0.726. The Labute approximate surface area is 137 Å². The first-order valence-corrected chi connectivity index (χ1v) is 8.28. The minimum absolute atomic E-state index is 0.615. The first-order valence-electron chi connectivity index (χ1n) is 7.40. The first kappa shape index (κ1) is 14.1. The van der Waals surface area contributed by atoms with Gasteiger partial charge in [0.2, 0.25) is 11.0 Å². The lowest BCUT2D eigenvalue weighted by Gasteiger charge is -2.35. The molecule has 4 rings (SSSR count). The highest BCUT2D eigenvalue weighted by molar-refractivity contribution is 7.13. The highest BCUT2D eigenvalue weighted by atomic mass is 32.1. The Morgan fingerprint density at radius 1 is 1.09 bits per heavy atom. The molecule has 0 unspecified atom stereocenters. The van der Waals surface area contributed by atoms with Crippen molar-refractivity contribution in [3.8, 4) is 5.88 Å². The van der Waals surface area contributed by atoms with Crippen molar-refractivity contribution in [2.24, 2.45) is 0 Å². The first-order chi connectivity index (χ1) is 11.3. The second-order valence-electron chi connectivity index (χ2n) is 5.28. The standard InChI is InChI=1S/C15H16N6OS/c1-22-14-12-8-11(2-3-13(12)16-9-17-14)20-4-6-21(7-5-20)15-19-18-10-23-15/h2-3,8-10H,4-7H2,1H3. The number of fused-ring (bicyclic) bond motifs is 1. The number of rotatable bonds is 3. The maximum atomic E-state index is 5.34. The molecule has 3 heterocycles. The van der Waals surface area contributed by atoms with Crippen LogP contribution in [0.15, 0.2) is 30.0 Å². The second-order valence-corrected chi connectivity index (χ2v) is 6.09. The Bertz CT molecular complexity index is 801. The molecule has 0 spiro atoms. The summed E-state index contributed by atoms with van der Waals surface area (Å²) in [6.45, 7) is 3.77. The average molecular weight is 328 g/mol. The molecule has 0 amide bonds. The summed E-state index contributed by atoms with van der Waals surface area (Å²) >= 11 is 1.59. The van der Waals surface area contributed by atoms with Crippen LogP contribution in [-0.4, -0.2) is 53.5 Å². The van der Waals surface area contributed by atoms with Crippen molar-refractivity contribution in [1.82, 2.24) is 20.2 Å². The van der Waals surface area contributed by atoms with E-state index >= 15 is 0 Å². The molecule has 1 aliphatic rings. The van der Waals surface area contributed by atoms with Crippen molar-refractivity contribution in [3.63, 3.8) is 0 Å². The van der Waals surface area contributed by atoms with Crippen molar-refractivity contribution < 1.29 is 4.74 Å². The van der Waals surface area contributed by atoms with E-state index in [1.54, 1.807) is 24.0 Å². The summed E-state index contributed by atoms with van der Waals surface area (Å²) in [5.41, 5.74) is 3.84. The van der Waals surface area contributed by atoms with Crippen LogP contribution in [0.4, 0.5) is 10.8 Å². The van der Waals surface area contributed by atoms with Gasteiger partial charge in [0.15, 0.2) is 0 Å². The van der Waals surface area contributed by atoms with Gasteiger partial charge in [0.1, 0.15) is 11.8 Å². The summed E-state index contributed by atoms with van der Waals surface area (Å²) in [4.78, 5) is 13.1. The molecule has 1 aliphatic heterocycles. The number of ether oxygens (including phenoxy) is 1. The van der Waals surface area contributed by atoms with Gasteiger partial charge in [-0.2, -0.15) is 0 Å². The van der Waals surface area contributed by atoms with Gasteiger partial charge in [0, 0.05) is 31.9 Å². The molecule has 118 valence electrons. The molecule has 3 aromatic rings. The van der Waals surface area contributed by atoms with Gasteiger partial charge in [-0.3, -0.25) is 0 Å². The maximum Gasteiger partial charge on any atom is 0.224 e. The van der Waals surface area contributed by atoms with Crippen LogP contribution in [0.3, 0.4) is 0 Å². The average Bonchev–Trinajstić information content (AvgIpc) is 3.15. The Morgan fingerprint density at radius 2 is 1.91 bits per heavy atom. The number of anilines is 2. The van der Waals surface area contributed by atoms with E-state index in [0.29, 0.717) is 5.88 Å². The van der Waals surface area contributed by atoms with Crippen molar-refractivity contribution >= 4 is 33.1 Å². The molecule has 1 fully saturated rings. The topological polar surface area (TPSA) is 67.3 Å². The zero-order valence-electron chi connectivity index (χ0n) is 12.7. The third-order valence-corrected chi connectivity index (χ3v) is 4.79. The van der Waals surface area contributed by atoms with E-state index < -0.39 is 0 Å². The Hall–Kier alpha value is -2.48. The number of hydrogen-bond acceptors (Lipinski definition) is 8. The van der Waals surface area contributed by atoms with E-state index in [4.69, 9.17) is 4.74 Å². The third kappa shape index (κ3) is 2.65. The molecule has 1 aromatic carbocycles. The lowest BCUT2D eigenvalue weighted by Crippen LogP contribution is -2.46. The van der Waals surface area contributed by atoms with Gasteiger partial charge in [-0.15, -0.1) is 10.2 Å². The minimum atomic E-state index is 0.615. The molecule has 0 N–H and O–H groups in total. The summed E-state index contributed by atoms with van der Waals surface area (Å²) in [5, 5.41) is 10.00. The monoisotopic (exact) mass is 328 g/mol. The Kier molecular flexibility index (Phi) is 3.66. The van der Waals surface area contributed by atoms with E-state index in [9.17, 15) is 0 Å². The molecular weight excluding hydrogens is 312 g/mol. The zero-order valence-corrected chi connectivity index (χ0v) is 13.5. The molecule has 7 nitrogen and oxygen atoms in total. The van der Waals surface area contributed by atoms with Crippen molar-refractivity contribution in [2.45, 2.75) is 0 Å². The van der Waals surface area contributed by atoms with Crippen molar-refractivity contribution in [3.05, 3.63) is 30.0 Å². The lowest BCUT2D eigenvalue weighted by atomic mass is 10.2. The van der Waals surface area contributed by atoms with Gasteiger partial charge in [-0.05, 0) is 18.2 Å². The van der Waals surface area contributed by atoms with Crippen LogP contribution in [0.5, 0.6) is 5.88 Å². The van der Waals surface area contributed by atoms with Crippen LogP contribution >= 0.6 is 11.3 Å². The summed E-state index contributed by atoms with van der Waals surface area (Å²) in [6, 6.07) is 6.23. The van der Waals surface area contributed by atoms with Gasteiger partial charge in [-0.1, -0.05) is 11.3 Å². The predicted octanol–water partition coefficient (Wildman–Crippen LogP) is 1.82. The third-order valence-electron chi connectivity index (χ3n) is 4.04. The fourth-order valence-electron chi connectivity index (χ4n) is 2.84. The normalized spacial score (nSPS) is 15.2. The van der Waals surface area contributed by atoms with Crippen molar-refractivity contribution in [2.75, 3.05) is 43.1 Å². The highest BCUT2D eigenvalue weighted by Gasteiger charge is 2.20. The zero-order chi connectivity index (χ0) is 15.6. The second kappa shape index (κ2) is 5.96. The van der Waals surface area contributed by atoms with Gasteiger partial charge in [0.25, 0.3) is 0 Å². The molecule has 0 aliphatic carbocycles. The molecule has 23 heavy (non-hydrogen) atoms. The van der Waals surface area contributed by atoms with Crippen LogP contribution in [0.1, 0.15) is 0 Å². The van der Waals surface area contributed by atoms with Crippen LogP contribution in [0, 0.1) is 0 Å². The van der Waals surface area contributed by atoms with Crippen LogP contribution in [-0.2, 0) is 0 Å². The lowest BCUT2D eigenvalue weighted by molar-refractivity contribution is 0.402. The number of piperazine rings is 1. The number of hydrogen-bond donors (Lipinski definition) is 0. The van der Waals surface area contributed by atoms with E-state index in [2.05, 4.69) is 42.1 Å². The van der Waals surface area contributed by atoms with Gasteiger partial charge in [0.05, 0.1) is 18.0 Å². The highest BCUT2D eigenvalue weighted by Crippen LogP contribution is 2.27. The van der Waals surface area contributed by atoms with E-state index in [1.807, 2.05) is 6.07 Å². The molecule has 0 radical (unpaired) electrons. The summed E-state index contributed by atoms with van der Waals surface area (Å²) in [7, 11) is 1.63. The fourth-order valence-corrected chi connectivity index (χ4v) is 3.46. The van der Waals surface area contributed by atoms with Crippen molar-refractivity contribution in [1.29, 1.82) is 0 Å². The largest absolute Gasteiger partial charge is 0.480 e. The van der Waals surface area contributed by atoms with Gasteiger partial charge < -0.3 is 14.5 Å². The molecule has 0 saturated carbocycles. The Balaban J connectivity index is 1.56. The van der Waals surface area contributed by atoms with E-state index in [-0.39, 0.29) is 0 Å². The molecule has 8 heteroatoms. The number of nitrogens with zero attached hydrogens (tertiary/aromatic N) is 6. The molecule has 2 aromatic heterocycles. The maximum absolute atomic E-state index is 5.34. The van der Waals surface area contributed by atoms with Crippen LogP contribution in [0.2, 0.25) is 0 Å². The minimum Gasteiger partial charge on any atom is -0.480 e. The predicted molar refractivity (Wildman–Crippen MR) is 90.4 cm³/mol. The molecule has 0 atom stereocenters. The molecule has 1 saturated heterocycles. The van der Waals surface area contributed by atoms with Gasteiger partial charge >= 0.3 is 0 Å². The van der Waals surface area contributed by atoms with Crippen LogP contribution < -0.4 is 14.5 Å². The van der Waals surface area contributed by atoms with E-state index in [0.717, 1.165) is 42.2 Å². The fraction of sp³-hybridized carbons (Fsp3) is 0.333. The smallest absolute Gasteiger partial charge is 0.224 e. The SMILES string of the molecule is COc1ncnc2ccc(N3CCN(c4nncs4)CC3)cc12. The molecule has 0 bridgehead atoms. The van der Waals surface area contributed by atoms with Gasteiger partial charge in [-0.25, -0.2) is 9.97 Å². The molecular formula is C15H16N6OS. The summed E-state index contributed by atoms with van der Waals surface area (Å²) in [6.07, 6.45) is 1.53. The summed E-state index contributed by atoms with van der Waals surface area (Å²) in [5.74, 6) is 0.615. The Morgan fingerprint density at radius 3 is 2.65 bits per heavy atom. The van der Waals surface area contributed by atoms with E-state index in [1.165, 1.54) is 12.0 Å². The number of aromatic nitrogens is 4. The number of benzene rings is 1. The van der Waals surface area contributed by atoms with Crippen LogP contribution in [0.25, 0.3) is 10.9 Å². The number of methoxy groups -OCH3 is 1.